The number of hydrogen-bond acceptors (Lipinski definition) is 3. The maximum Gasteiger partial charge on any atom is 0.164 e. The SMILES string of the molecule is Cc1nc(-c2ccccc2)nc(-c2cccc3c2-c2ccccc2C3(C)C)n1. The van der Waals surface area contributed by atoms with Crippen LogP contribution in [-0.2, 0) is 5.41 Å². The van der Waals surface area contributed by atoms with Gasteiger partial charge in [-0.25, -0.2) is 15.0 Å². The van der Waals surface area contributed by atoms with Crippen LogP contribution in [0.3, 0.4) is 0 Å². The van der Waals surface area contributed by atoms with Crippen molar-refractivity contribution in [3.05, 3.63) is 89.7 Å². The number of aromatic nitrogens is 3. The number of fused-ring (bicyclic) bond motifs is 3. The smallest absolute Gasteiger partial charge is 0.164 e. The monoisotopic (exact) mass is 363 g/mol. The fourth-order valence-electron chi connectivity index (χ4n) is 4.26. The fourth-order valence-corrected chi connectivity index (χ4v) is 4.26. The molecule has 3 nitrogen and oxygen atoms in total. The minimum atomic E-state index is -0.0354. The standard InChI is InChI=1S/C25H21N3/c1-16-26-23(17-10-5-4-6-11-17)28-24(27-16)19-13-9-15-21-22(19)18-12-7-8-14-20(18)25(21,2)3/h4-15H,1-3H3. The molecule has 0 saturated carbocycles. The number of benzene rings is 3. The lowest BCUT2D eigenvalue weighted by atomic mass is 9.82. The second-order valence-electron chi connectivity index (χ2n) is 7.79. The summed E-state index contributed by atoms with van der Waals surface area (Å²) in [6.07, 6.45) is 0. The Morgan fingerprint density at radius 1 is 0.607 bits per heavy atom. The lowest BCUT2D eigenvalue weighted by Gasteiger charge is -2.21. The van der Waals surface area contributed by atoms with Crippen LogP contribution in [0.15, 0.2) is 72.8 Å². The molecule has 0 fully saturated rings. The van der Waals surface area contributed by atoms with Gasteiger partial charge in [0.1, 0.15) is 5.82 Å². The number of aryl methyl sites for hydroxylation is 1. The van der Waals surface area contributed by atoms with Gasteiger partial charge in [0.05, 0.1) is 0 Å². The highest BCUT2D eigenvalue weighted by atomic mass is 15.0. The molecule has 1 aromatic heterocycles. The number of rotatable bonds is 2. The van der Waals surface area contributed by atoms with E-state index in [2.05, 4.69) is 61.3 Å². The van der Waals surface area contributed by atoms with Gasteiger partial charge < -0.3 is 0 Å². The van der Waals surface area contributed by atoms with Gasteiger partial charge in [0.15, 0.2) is 11.6 Å². The Hall–Kier alpha value is -3.33. The van der Waals surface area contributed by atoms with E-state index in [9.17, 15) is 0 Å². The Labute approximate surface area is 165 Å². The second kappa shape index (κ2) is 6.10. The molecule has 0 aliphatic heterocycles. The Bertz CT molecular complexity index is 1190. The van der Waals surface area contributed by atoms with Crippen LogP contribution in [0.25, 0.3) is 33.9 Å². The van der Waals surface area contributed by atoms with Crippen molar-refractivity contribution in [1.29, 1.82) is 0 Å². The molecular formula is C25H21N3. The average molecular weight is 363 g/mol. The van der Waals surface area contributed by atoms with Crippen molar-refractivity contribution in [3.63, 3.8) is 0 Å². The molecule has 0 spiro atoms. The van der Waals surface area contributed by atoms with Crippen molar-refractivity contribution < 1.29 is 0 Å². The summed E-state index contributed by atoms with van der Waals surface area (Å²) < 4.78 is 0. The zero-order valence-corrected chi connectivity index (χ0v) is 16.3. The summed E-state index contributed by atoms with van der Waals surface area (Å²) in [7, 11) is 0. The van der Waals surface area contributed by atoms with Crippen LogP contribution < -0.4 is 0 Å². The normalized spacial score (nSPS) is 13.8. The Morgan fingerprint density at radius 3 is 2.07 bits per heavy atom. The highest BCUT2D eigenvalue weighted by Crippen LogP contribution is 2.51. The van der Waals surface area contributed by atoms with E-state index in [-0.39, 0.29) is 5.41 Å². The topological polar surface area (TPSA) is 38.7 Å². The van der Waals surface area contributed by atoms with E-state index in [0.717, 1.165) is 22.8 Å². The Balaban J connectivity index is 1.77. The van der Waals surface area contributed by atoms with Crippen molar-refractivity contribution in [2.24, 2.45) is 0 Å². The maximum atomic E-state index is 4.85. The maximum absolute atomic E-state index is 4.85. The molecule has 0 atom stereocenters. The molecule has 1 aliphatic carbocycles. The molecule has 0 saturated heterocycles. The van der Waals surface area contributed by atoms with Gasteiger partial charge in [-0.2, -0.15) is 0 Å². The summed E-state index contributed by atoms with van der Waals surface area (Å²) >= 11 is 0. The van der Waals surface area contributed by atoms with Crippen LogP contribution in [0.4, 0.5) is 0 Å². The molecule has 3 heteroatoms. The Morgan fingerprint density at radius 2 is 1.25 bits per heavy atom. The predicted octanol–water partition coefficient (Wildman–Crippen LogP) is 5.82. The van der Waals surface area contributed by atoms with Crippen molar-refractivity contribution in [2.75, 3.05) is 0 Å². The van der Waals surface area contributed by atoms with Crippen molar-refractivity contribution in [3.8, 4) is 33.9 Å². The van der Waals surface area contributed by atoms with Gasteiger partial charge in [-0.3, -0.25) is 0 Å². The van der Waals surface area contributed by atoms with Gasteiger partial charge in [0.25, 0.3) is 0 Å². The fraction of sp³-hybridized carbons (Fsp3) is 0.160. The molecular weight excluding hydrogens is 342 g/mol. The summed E-state index contributed by atoms with van der Waals surface area (Å²) in [6.45, 7) is 6.50. The Kier molecular flexibility index (Phi) is 3.66. The molecule has 28 heavy (non-hydrogen) atoms. The summed E-state index contributed by atoms with van der Waals surface area (Å²) in [5.41, 5.74) is 7.23. The molecule has 0 unspecified atom stereocenters. The summed E-state index contributed by atoms with van der Waals surface area (Å²) in [5, 5.41) is 0. The summed E-state index contributed by atoms with van der Waals surface area (Å²) in [4.78, 5) is 14.1. The third-order valence-corrected chi connectivity index (χ3v) is 5.63. The van der Waals surface area contributed by atoms with Crippen LogP contribution in [-0.4, -0.2) is 15.0 Å². The molecule has 1 aliphatic rings. The van der Waals surface area contributed by atoms with E-state index in [4.69, 9.17) is 9.97 Å². The van der Waals surface area contributed by atoms with Crippen LogP contribution in [0, 0.1) is 6.92 Å². The molecule has 0 amide bonds. The van der Waals surface area contributed by atoms with E-state index in [0.29, 0.717) is 5.82 Å². The van der Waals surface area contributed by atoms with Crippen LogP contribution in [0.2, 0.25) is 0 Å². The van der Waals surface area contributed by atoms with Gasteiger partial charge >= 0.3 is 0 Å². The molecule has 0 bridgehead atoms. The minimum absolute atomic E-state index is 0.0354. The molecule has 3 aromatic carbocycles. The van der Waals surface area contributed by atoms with Gasteiger partial charge in [-0.15, -0.1) is 0 Å². The van der Waals surface area contributed by atoms with Crippen molar-refractivity contribution >= 4 is 0 Å². The molecule has 0 radical (unpaired) electrons. The summed E-state index contributed by atoms with van der Waals surface area (Å²) in [5.74, 6) is 2.17. The molecule has 5 rings (SSSR count). The lowest BCUT2D eigenvalue weighted by Crippen LogP contribution is -2.14. The van der Waals surface area contributed by atoms with Crippen LogP contribution in [0.1, 0.15) is 30.8 Å². The molecule has 0 N–H and O–H groups in total. The van der Waals surface area contributed by atoms with Crippen molar-refractivity contribution in [1.82, 2.24) is 15.0 Å². The highest BCUT2D eigenvalue weighted by Gasteiger charge is 2.36. The number of nitrogens with zero attached hydrogens (tertiary/aromatic N) is 3. The van der Waals surface area contributed by atoms with Gasteiger partial charge in [0, 0.05) is 16.5 Å². The second-order valence-corrected chi connectivity index (χ2v) is 7.79. The third kappa shape index (κ3) is 2.47. The van der Waals surface area contributed by atoms with Crippen LogP contribution >= 0.6 is 0 Å². The van der Waals surface area contributed by atoms with Crippen molar-refractivity contribution in [2.45, 2.75) is 26.2 Å². The minimum Gasteiger partial charge on any atom is -0.213 e. The first-order valence-corrected chi connectivity index (χ1v) is 9.57. The van der Waals surface area contributed by atoms with E-state index in [1.165, 1.54) is 22.3 Å². The van der Waals surface area contributed by atoms with Gasteiger partial charge in [-0.05, 0) is 29.2 Å². The quantitative estimate of drug-likeness (QED) is 0.450. The van der Waals surface area contributed by atoms with Crippen LogP contribution in [0.5, 0.6) is 0 Å². The first kappa shape index (κ1) is 16.8. The van der Waals surface area contributed by atoms with Gasteiger partial charge in [0.2, 0.25) is 0 Å². The summed E-state index contributed by atoms with van der Waals surface area (Å²) in [6, 6.07) is 25.2. The third-order valence-electron chi connectivity index (χ3n) is 5.63. The van der Waals surface area contributed by atoms with E-state index >= 15 is 0 Å². The first-order chi connectivity index (χ1) is 13.6. The number of hydrogen-bond donors (Lipinski definition) is 0. The predicted molar refractivity (Wildman–Crippen MR) is 113 cm³/mol. The molecule has 4 aromatic rings. The van der Waals surface area contributed by atoms with Gasteiger partial charge in [-0.1, -0.05) is 86.6 Å². The lowest BCUT2D eigenvalue weighted by molar-refractivity contribution is 0.660. The zero-order chi connectivity index (χ0) is 19.3. The largest absolute Gasteiger partial charge is 0.213 e. The van der Waals surface area contributed by atoms with E-state index in [1.54, 1.807) is 0 Å². The average Bonchev–Trinajstić information content (AvgIpc) is 2.96. The molecule has 1 heterocycles. The van der Waals surface area contributed by atoms with E-state index in [1.807, 2.05) is 37.3 Å². The zero-order valence-electron chi connectivity index (χ0n) is 16.3. The first-order valence-electron chi connectivity index (χ1n) is 9.57. The van der Waals surface area contributed by atoms with E-state index < -0.39 is 0 Å². The highest BCUT2D eigenvalue weighted by molar-refractivity contribution is 5.91. The molecule has 136 valence electrons.